The summed E-state index contributed by atoms with van der Waals surface area (Å²) < 4.78 is 5.82. The zero-order valence-corrected chi connectivity index (χ0v) is 10.7. The predicted octanol–water partition coefficient (Wildman–Crippen LogP) is 1.19. The van der Waals surface area contributed by atoms with Gasteiger partial charge in [-0.2, -0.15) is 0 Å². The zero-order chi connectivity index (χ0) is 13.2. The zero-order valence-electron chi connectivity index (χ0n) is 10.7. The normalized spacial score (nSPS) is 29.9. The van der Waals surface area contributed by atoms with Gasteiger partial charge in [-0.05, 0) is 24.8 Å². The highest BCUT2D eigenvalue weighted by atomic mass is 16.5. The number of hydrogen-bond donors (Lipinski definition) is 3. The molecule has 3 atom stereocenters. The topological polar surface area (TPSA) is 79.9 Å². The summed E-state index contributed by atoms with van der Waals surface area (Å²) in [6.07, 6.45) is 4.26. The number of oxime groups is 1. The number of nitrogens with one attached hydrogen (secondary N) is 1. The van der Waals surface area contributed by atoms with Crippen molar-refractivity contribution in [3.8, 4) is 0 Å². The van der Waals surface area contributed by atoms with Gasteiger partial charge in [0.25, 0.3) is 0 Å². The van der Waals surface area contributed by atoms with Crippen LogP contribution in [-0.2, 0) is 11.3 Å². The van der Waals surface area contributed by atoms with Gasteiger partial charge in [-0.3, -0.25) is 0 Å². The summed E-state index contributed by atoms with van der Waals surface area (Å²) in [7, 11) is 0. The van der Waals surface area contributed by atoms with Gasteiger partial charge in [0.05, 0.1) is 12.2 Å². The number of rotatable bonds is 4. The van der Waals surface area contributed by atoms with Crippen LogP contribution in [0.3, 0.4) is 0 Å². The number of amidine groups is 1. The van der Waals surface area contributed by atoms with Crippen molar-refractivity contribution in [3.05, 3.63) is 35.4 Å². The molecule has 1 aromatic rings. The second kappa shape index (κ2) is 5.19. The molecule has 2 aliphatic rings. The fourth-order valence-corrected chi connectivity index (χ4v) is 3.07. The smallest absolute Gasteiger partial charge is 0.170 e. The van der Waals surface area contributed by atoms with E-state index in [0.717, 1.165) is 24.0 Å². The van der Waals surface area contributed by atoms with Crippen LogP contribution in [0.1, 0.15) is 30.4 Å². The Bertz CT molecular complexity index is 489. The van der Waals surface area contributed by atoms with E-state index in [1.807, 2.05) is 24.3 Å². The predicted molar refractivity (Wildman–Crippen MR) is 72.1 cm³/mol. The maximum Gasteiger partial charge on any atom is 0.170 e. The monoisotopic (exact) mass is 261 g/mol. The highest BCUT2D eigenvalue weighted by Gasteiger charge is 2.40. The molecule has 1 aromatic carbocycles. The molecular weight excluding hydrogens is 242 g/mol. The Balaban J connectivity index is 1.67. The Morgan fingerprint density at radius 2 is 2.26 bits per heavy atom. The summed E-state index contributed by atoms with van der Waals surface area (Å²) in [5.74, 6) is 0.154. The third kappa shape index (κ3) is 2.43. The molecule has 4 N–H and O–H groups in total. The Kier molecular flexibility index (Phi) is 3.40. The molecule has 102 valence electrons. The summed E-state index contributed by atoms with van der Waals surface area (Å²) in [6, 6.07) is 8.14. The van der Waals surface area contributed by atoms with Crippen molar-refractivity contribution in [1.82, 2.24) is 5.32 Å². The number of hydrogen-bond acceptors (Lipinski definition) is 4. The van der Waals surface area contributed by atoms with E-state index in [0.29, 0.717) is 24.8 Å². The summed E-state index contributed by atoms with van der Waals surface area (Å²) in [6.45, 7) is 0.712. The maximum atomic E-state index is 8.80. The molecule has 2 fully saturated rings. The average molecular weight is 261 g/mol. The fraction of sp³-hybridized carbons (Fsp3) is 0.500. The van der Waals surface area contributed by atoms with E-state index in [-0.39, 0.29) is 5.84 Å². The first-order valence-corrected chi connectivity index (χ1v) is 6.72. The van der Waals surface area contributed by atoms with Gasteiger partial charge in [-0.15, -0.1) is 0 Å². The Morgan fingerprint density at radius 1 is 1.42 bits per heavy atom. The van der Waals surface area contributed by atoms with E-state index in [4.69, 9.17) is 15.7 Å². The van der Waals surface area contributed by atoms with E-state index in [9.17, 15) is 0 Å². The molecule has 2 bridgehead atoms. The fourth-order valence-electron chi connectivity index (χ4n) is 3.07. The van der Waals surface area contributed by atoms with E-state index in [1.165, 1.54) is 6.42 Å². The number of ether oxygens (including phenoxy) is 1. The Hall–Kier alpha value is -1.59. The van der Waals surface area contributed by atoms with E-state index in [2.05, 4.69) is 10.5 Å². The van der Waals surface area contributed by atoms with Gasteiger partial charge >= 0.3 is 0 Å². The first-order valence-electron chi connectivity index (χ1n) is 6.72. The number of benzene rings is 1. The number of fused-ring (bicyclic) bond motifs is 2. The van der Waals surface area contributed by atoms with Gasteiger partial charge in [0, 0.05) is 18.2 Å². The van der Waals surface area contributed by atoms with E-state index >= 15 is 0 Å². The summed E-state index contributed by atoms with van der Waals surface area (Å²) in [5, 5.41) is 15.4. The van der Waals surface area contributed by atoms with Crippen LogP contribution in [-0.4, -0.2) is 29.3 Å². The second-order valence-electron chi connectivity index (χ2n) is 5.24. The third-order valence-corrected chi connectivity index (χ3v) is 4.06. The van der Waals surface area contributed by atoms with Gasteiger partial charge < -0.3 is 21.0 Å². The minimum atomic E-state index is 0.154. The molecule has 5 nitrogen and oxygen atoms in total. The molecule has 0 aromatic heterocycles. The van der Waals surface area contributed by atoms with Gasteiger partial charge in [0.2, 0.25) is 0 Å². The summed E-state index contributed by atoms with van der Waals surface area (Å²) in [4.78, 5) is 0. The van der Waals surface area contributed by atoms with Crippen molar-refractivity contribution in [2.75, 3.05) is 0 Å². The minimum Gasteiger partial charge on any atom is -0.409 e. The van der Waals surface area contributed by atoms with Gasteiger partial charge in [0.1, 0.15) is 0 Å². The summed E-state index contributed by atoms with van der Waals surface area (Å²) in [5.41, 5.74) is 7.51. The second-order valence-corrected chi connectivity index (χ2v) is 5.24. The van der Waals surface area contributed by atoms with Crippen LogP contribution >= 0.6 is 0 Å². The highest BCUT2D eigenvalue weighted by molar-refractivity contribution is 5.98. The number of nitrogens with two attached hydrogens (primary N) is 1. The van der Waals surface area contributed by atoms with Crippen LogP contribution in [0.2, 0.25) is 0 Å². The van der Waals surface area contributed by atoms with Gasteiger partial charge in [-0.25, -0.2) is 0 Å². The molecule has 0 saturated carbocycles. The lowest BCUT2D eigenvalue weighted by molar-refractivity contribution is 0.0973. The molecular formula is C14H19N3O2. The molecule has 19 heavy (non-hydrogen) atoms. The van der Waals surface area contributed by atoms with Gasteiger partial charge in [0.15, 0.2) is 5.84 Å². The van der Waals surface area contributed by atoms with Crippen molar-refractivity contribution < 1.29 is 9.94 Å². The molecule has 2 aliphatic heterocycles. The lowest BCUT2D eigenvalue weighted by Crippen LogP contribution is -2.37. The number of nitrogens with zero attached hydrogens (tertiary/aromatic N) is 1. The van der Waals surface area contributed by atoms with E-state index < -0.39 is 0 Å². The average Bonchev–Trinajstić information content (AvgIpc) is 3.07. The molecule has 2 saturated heterocycles. The minimum absolute atomic E-state index is 0.154. The molecule has 2 heterocycles. The summed E-state index contributed by atoms with van der Waals surface area (Å²) >= 11 is 0. The van der Waals surface area contributed by atoms with Crippen LogP contribution in [0.15, 0.2) is 29.4 Å². The van der Waals surface area contributed by atoms with Crippen LogP contribution in [0, 0.1) is 0 Å². The van der Waals surface area contributed by atoms with Crippen LogP contribution < -0.4 is 11.1 Å². The molecule has 3 unspecified atom stereocenters. The first-order chi connectivity index (χ1) is 9.28. The highest BCUT2D eigenvalue weighted by Crippen LogP contribution is 2.34. The molecule has 3 rings (SSSR count). The van der Waals surface area contributed by atoms with Crippen molar-refractivity contribution in [2.45, 2.75) is 44.1 Å². The Morgan fingerprint density at radius 3 is 2.95 bits per heavy atom. The SMILES string of the molecule is N/C(=N/O)c1ccccc1CNC1CC2CCC1O2. The first kappa shape index (κ1) is 12.4. The lowest BCUT2D eigenvalue weighted by atomic mass is 9.95. The molecule has 5 heteroatoms. The third-order valence-electron chi connectivity index (χ3n) is 4.06. The van der Waals surface area contributed by atoms with Crippen molar-refractivity contribution >= 4 is 5.84 Å². The van der Waals surface area contributed by atoms with Gasteiger partial charge in [-0.1, -0.05) is 29.4 Å². The van der Waals surface area contributed by atoms with Crippen molar-refractivity contribution in [3.63, 3.8) is 0 Å². The van der Waals surface area contributed by atoms with Crippen LogP contribution in [0.5, 0.6) is 0 Å². The standard InChI is InChI=1S/C14H19N3O2/c15-14(17-18)11-4-2-1-3-9(11)8-16-12-7-10-5-6-13(12)19-10/h1-4,10,12-13,16,18H,5-8H2,(H2,15,17). The molecule has 0 spiro atoms. The van der Waals surface area contributed by atoms with Crippen LogP contribution in [0.4, 0.5) is 0 Å². The van der Waals surface area contributed by atoms with E-state index in [1.54, 1.807) is 0 Å². The molecule has 0 radical (unpaired) electrons. The van der Waals surface area contributed by atoms with Crippen LogP contribution in [0.25, 0.3) is 0 Å². The largest absolute Gasteiger partial charge is 0.409 e. The quantitative estimate of drug-likeness (QED) is 0.329. The van der Waals surface area contributed by atoms with Crippen molar-refractivity contribution in [1.29, 1.82) is 0 Å². The maximum absolute atomic E-state index is 8.80. The molecule has 0 aliphatic carbocycles. The lowest BCUT2D eigenvalue weighted by Gasteiger charge is -2.20. The molecule has 0 amide bonds. The Labute approximate surface area is 112 Å². The van der Waals surface area contributed by atoms with Crippen molar-refractivity contribution in [2.24, 2.45) is 10.9 Å².